The number of ketones is 1. The molecule has 0 saturated carbocycles. The van der Waals surface area contributed by atoms with Crippen molar-refractivity contribution in [3.8, 4) is 0 Å². The summed E-state index contributed by atoms with van der Waals surface area (Å²) < 4.78 is 1.66. The van der Waals surface area contributed by atoms with Crippen LogP contribution >= 0.6 is 11.8 Å². The molecule has 0 bridgehead atoms. The van der Waals surface area contributed by atoms with Gasteiger partial charge in [0.2, 0.25) is 0 Å². The molecule has 0 aliphatic carbocycles. The van der Waals surface area contributed by atoms with Gasteiger partial charge in [0.1, 0.15) is 0 Å². The van der Waals surface area contributed by atoms with E-state index in [1.807, 2.05) is 18.8 Å². The Bertz CT molecular complexity index is 344. The van der Waals surface area contributed by atoms with Gasteiger partial charge in [-0.3, -0.25) is 9.48 Å². The van der Waals surface area contributed by atoms with Gasteiger partial charge in [0.05, 0.1) is 11.8 Å². The molecule has 0 aromatic carbocycles. The number of aryl methyl sites for hydroxylation is 1. The summed E-state index contributed by atoms with van der Waals surface area (Å²) in [4.78, 5) is 11.8. The van der Waals surface area contributed by atoms with Gasteiger partial charge >= 0.3 is 0 Å². The monoisotopic (exact) mass is 225 g/mol. The second-order valence-electron chi connectivity index (χ2n) is 3.76. The molecule has 0 amide bonds. The molecule has 1 aliphatic rings. The van der Waals surface area contributed by atoms with Crippen molar-refractivity contribution in [3.05, 3.63) is 18.0 Å². The van der Waals surface area contributed by atoms with Crippen LogP contribution in [0.25, 0.3) is 0 Å². The maximum absolute atomic E-state index is 11.8. The topological polar surface area (TPSA) is 46.9 Å². The molecular weight excluding hydrogens is 210 g/mol. The van der Waals surface area contributed by atoms with Crippen LogP contribution in [0.15, 0.2) is 12.4 Å². The first kappa shape index (κ1) is 10.7. The molecular formula is C10H15N3OS. The fourth-order valence-electron chi connectivity index (χ4n) is 1.66. The van der Waals surface area contributed by atoms with Gasteiger partial charge in [0, 0.05) is 43.8 Å². The van der Waals surface area contributed by atoms with Gasteiger partial charge in [-0.2, -0.15) is 16.9 Å². The number of rotatable bonds is 3. The van der Waals surface area contributed by atoms with E-state index in [0.29, 0.717) is 12.5 Å². The lowest BCUT2D eigenvalue weighted by atomic mass is 10.1. The molecule has 0 spiro atoms. The summed E-state index contributed by atoms with van der Waals surface area (Å²) in [6, 6.07) is 0.330. The van der Waals surface area contributed by atoms with Crippen molar-refractivity contribution in [3.63, 3.8) is 0 Å². The molecule has 1 saturated heterocycles. The molecule has 5 heteroatoms. The van der Waals surface area contributed by atoms with E-state index in [2.05, 4.69) is 10.4 Å². The van der Waals surface area contributed by atoms with Gasteiger partial charge in [-0.1, -0.05) is 0 Å². The molecule has 1 atom stereocenters. The van der Waals surface area contributed by atoms with Gasteiger partial charge < -0.3 is 5.32 Å². The molecule has 1 aromatic rings. The van der Waals surface area contributed by atoms with Gasteiger partial charge in [-0.05, 0) is 0 Å². The van der Waals surface area contributed by atoms with Crippen LogP contribution in [0.5, 0.6) is 0 Å². The van der Waals surface area contributed by atoms with Gasteiger partial charge in [0.25, 0.3) is 0 Å². The average molecular weight is 225 g/mol. The SMILES string of the molecule is Cn1cc(C(=O)CC2CSCCN2)cn1. The Hall–Kier alpha value is -0.810. The van der Waals surface area contributed by atoms with Crippen LogP contribution < -0.4 is 5.32 Å². The van der Waals surface area contributed by atoms with Crippen LogP contribution in [0.2, 0.25) is 0 Å². The van der Waals surface area contributed by atoms with Gasteiger partial charge in [-0.25, -0.2) is 0 Å². The van der Waals surface area contributed by atoms with Crippen LogP contribution in [0.4, 0.5) is 0 Å². The van der Waals surface area contributed by atoms with E-state index in [1.165, 1.54) is 0 Å². The van der Waals surface area contributed by atoms with Crippen LogP contribution in [-0.4, -0.2) is 39.7 Å². The average Bonchev–Trinajstić information content (AvgIpc) is 2.66. The van der Waals surface area contributed by atoms with E-state index < -0.39 is 0 Å². The van der Waals surface area contributed by atoms with E-state index >= 15 is 0 Å². The number of Topliss-reactive ketones (excluding diaryl/α,β-unsaturated/α-hetero) is 1. The third-order valence-corrected chi connectivity index (χ3v) is 3.59. The maximum atomic E-state index is 11.8. The molecule has 1 N–H and O–H groups in total. The van der Waals surface area contributed by atoms with Crippen LogP contribution in [-0.2, 0) is 7.05 Å². The van der Waals surface area contributed by atoms with Crippen molar-refractivity contribution in [2.75, 3.05) is 18.1 Å². The summed E-state index contributed by atoms with van der Waals surface area (Å²) in [5, 5.41) is 7.36. The van der Waals surface area contributed by atoms with Crippen LogP contribution in [0, 0.1) is 0 Å². The second kappa shape index (κ2) is 4.81. The smallest absolute Gasteiger partial charge is 0.167 e. The van der Waals surface area contributed by atoms with Crippen molar-refractivity contribution in [2.45, 2.75) is 12.5 Å². The molecule has 1 unspecified atom stereocenters. The van der Waals surface area contributed by atoms with Gasteiger partial charge in [-0.15, -0.1) is 0 Å². The summed E-state index contributed by atoms with van der Waals surface area (Å²) >= 11 is 1.91. The normalized spacial score (nSPS) is 21.5. The third kappa shape index (κ3) is 2.82. The predicted molar refractivity (Wildman–Crippen MR) is 61.3 cm³/mol. The Morgan fingerprint density at radius 1 is 1.80 bits per heavy atom. The minimum Gasteiger partial charge on any atom is -0.312 e. The number of carbonyl (C=O) groups excluding carboxylic acids is 1. The molecule has 1 fully saturated rings. The van der Waals surface area contributed by atoms with Crippen molar-refractivity contribution in [1.29, 1.82) is 0 Å². The van der Waals surface area contributed by atoms with Gasteiger partial charge in [0.15, 0.2) is 5.78 Å². The molecule has 1 aliphatic heterocycles. The lowest BCUT2D eigenvalue weighted by Gasteiger charge is -2.22. The van der Waals surface area contributed by atoms with E-state index in [9.17, 15) is 4.79 Å². The molecule has 0 radical (unpaired) electrons. The molecule has 15 heavy (non-hydrogen) atoms. The van der Waals surface area contributed by atoms with Crippen molar-refractivity contribution < 1.29 is 4.79 Å². The summed E-state index contributed by atoms with van der Waals surface area (Å²) in [7, 11) is 1.82. The Morgan fingerprint density at radius 3 is 3.27 bits per heavy atom. The number of nitrogens with zero attached hydrogens (tertiary/aromatic N) is 2. The first-order chi connectivity index (χ1) is 7.25. The highest BCUT2D eigenvalue weighted by atomic mass is 32.2. The van der Waals surface area contributed by atoms with E-state index in [0.717, 1.165) is 23.6 Å². The predicted octanol–water partition coefficient (Wildman–Crippen LogP) is 0.698. The Kier molecular flexibility index (Phi) is 3.43. The largest absolute Gasteiger partial charge is 0.312 e. The summed E-state index contributed by atoms with van der Waals surface area (Å²) in [6.07, 6.45) is 4.00. The Balaban J connectivity index is 1.91. The van der Waals surface area contributed by atoms with Crippen molar-refractivity contribution in [1.82, 2.24) is 15.1 Å². The van der Waals surface area contributed by atoms with Crippen LogP contribution in [0.3, 0.4) is 0 Å². The summed E-state index contributed by atoms with van der Waals surface area (Å²) in [5.74, 6) is 2.37. The first-order valence-electron chi connectivity index (χ1n) is 5.08. The highest BCUT2D eigenvalue weighted by Gasteiger charge is 2.18. The fraction of sp³-hybridized carbons (Fsp3) is 0.600. The molecule has 4 nitrogen and oxygen atoms in total. The molecule has 2 rings (SSSR count). The third-order valence-electron chi connectivity index (χ3n) is 2.46. The van der Waals surface area contributed by atoms with E-state index in [1.54, 1.807) is 17.1 Å². The number of hydrogen-bond donors (Lipinski definition) is 1. The number of aromatic nitrogens is 2. The minimum absolute atomic E-state index is 0.183. The summed E-state index contributed by atoms with van der Waals surface area (Å²) in [5.41, 5.74) is 0.717. The van der Waals surface area contributed by atoms with Crippen LogP contribution in [0.1, 0.15) is 16.8 Å². The molecule has 82 valence electrons. The summed E-state index contributed by atoms with van der Waals surface area (Å²) in [6.45, 7) is 1.01. The van der Waals surface area contributed by atoms with Crippen molar-refractivity contribution in [2.24, 2.45) is 7.05 Å². The molecule has 1 aromatic heterocycles. The number of carbonyl (C=O) groups is 1. The minimum atomic E-state index is 0.183. The maximum Gasteiger partial charge on any atom is 0.167 e. The number of thioether (sulfide) groups is 1. The Morgan fingerprint density at radius 2 is 2.67 bits per heavy atom. The zero-order valence-corrected chi connectivity index (χ0v) is 9.59. The lowest BCUT2D eigenvalue weighted by Crippen LogP contribution is -2.38. The number of nitrogens with one attached hydrogen (secondary N) is 1. The highest BCUT2D eigenvalue weighted by Crippen LogP contribution is 2.12. The zero-order valence-electron chi connectivity index (χ0n) is 8.77. The van der Waals surface area contributed by atoms with E-state index in [4.69, 9.17) is 0 Å². The zero-order chi connectivity index (χ0) is 10.7. The van der Waals surface area contributed by atoms with E-state index in [-0.39, 0.29) is 5.78 Å². The lowest BCUT2D eigenvalue weighted by molar-refractivity contribution is 0.0972. The quantitative estimate of drug-likeness (QED) is 0.769. The highest BCUT2D eigenvalue weighted by molar-refractivity contribution is 7.99. The standard InChI is InChI=1S/C10H15N3OS/c1-13-6-8(5-12-13)10(14)4-9-7-15-3-2-11-9/h5-6,9,11H,2-4,7H2,1H3. The fourth-order valence-corrected chi connectivity index (χ4v) is 2.61. The first-order valence-corrected chi connectivity index (χ1v) is 6.24. The molecule has 2 heterocycles. The number of hydrogen-bond acceptors (Lipinski definition) is 4. The Labute approximate surface area is 93.4 Å². The van der Waals surface area contributed by atoms with Crippen molar-refractivity contribution >= 4 is 17.5 Å². The second-order valence-corrected chi connectivity index (χ2v) is 4.91.